The topological polar surface area (TPSA) is 59.2 Å². The van der Waals surface area contributed by atoms with E-state index >= 15 is 0 Å². The molecule has 21 heavy (non-hydrogen) atoms. The summed E-state index contributed by atoms with van der Waals surface area (Å²) in [4.78, 5) is 18.6. The van der Waals surface area contributed by atoms with Crippen LogP contribution in [0.1, 0.15) is 41.0 Å². The predicted molar refractivity (Wildman–Crippen MR) is 78.5 cm³/mol. The molecule has 110 valence electrons. The molecule has 1 unspecified atom stereocenters. The van der Waals surface area contributed by atoms with Crippen LogP contribution in [0.2, 0.25) is 10.0 Å². The lowest BCUT2D eigenvalue weighted by atomic mass is 10.1. The standard InChI is InChI=1S/C14H13Cl2N3O2/c1-8-17-13(21-18-8)12-3-2-6-19(12)14(20)10-5-4-9(15)7-11(10)16/h4-5,7,12H,2-3,6H2,1H3. The molecule has 5 nitrogen and oxygen atoms in total. The van der Waals surface area contributed by atoms with E-state index in [0.717, 1.165) is 12.8 Å². The fraction of sp³-hybridized carbons (Fsp3) is 0.357. The van der Waals surface area contributed by atoms with Crippen LogP contribution < -0.4 is 0 Å². The molecule has 2 heterocycles. The Bertz CT molecular complexity index is 687. The van der Waals surface area contributed by atoms with Gasteiger partial charge in [0, 0.05) is 11.6 Å². The van der Waals surface area contributed by atoms with E-state index < -0.39 is 0 Å². The molecule has 1 aliphatic rings. The molecule has 1 saturated heterocycles. The van der Waals surface area contributed by atoms with E-state index in [-0.39, 0.29) is 11.9 Å². The van der Waals surface area contributed by atoms with Crippen LogP contribution in [0, 0.1) is 6.92 Å². The first-order chi connectivity index (χ1) is 10.1. The first-order valence-electron chi connectivity index (χ1n) is 6.62. The normalized spacial score (nSPS) is 18.2. The van der Waals surface area contributed by atoms with Gasteiger partial charge in [-0.25, -0.2) is 0 Å². The lowest BCUT2D eigenvalue weighted by Crippen LogP contribution is -2.31. The van der Waals surface area contributed by atoms with E-state index in [9.17, 15) is 4.79 Å². The third-order valence-electron chi connectivity index (χ3n) is 3.50. The fourth-order valence-electron chi connectivity index (χ4n) is 2.53. The number of halogens is 2. The smallest absolute Gasteiger partial charge is 0.256 e. The molecule has 1 aromatic carbocycles. The summed E-state index contributed by atoms with van der Waals surface area (Å²) < 4.78 is 5.20. The van der Waals surface area contributed by atoms with Crippen molar-refractivity contribution in [2.75, 3.05) is 6.54 Å². The number of benzene rings is 1. The van der Waals surface area contributed by atoms with Crippen LogP contribution in [-0.2, 0) is 0 Å². The summed E-state index contributed by atoms with van der Waals surface area (Å²) in [6, 6.07) is 4.67. The van der Waals surface area contributed by atoms with Crippen molar-refractivity contribution in [2.24, 2.45) is 0 Å². The average Bonchev–Trinajstić information content (AvgIpc) is 3.06. The highest BCUT2D eigenvalue weighted by atomic mass is 35.5. The Kier molecular flexibility index (Phi) is 3.87. The number of likely N-dealkylation sites (tertiary alicyclic amines) is 1. The molecular weight excluding hydrogens is 313 g/mol. The maximum absolute atomic E-state index is 12.7. The number of hydrogen-bond donors (Lipinski definition) is 0. The minimum absolute atomic E-state index is 0.144. The summed E-state index contributed by atoms with van der Waals surface area (Å²) in [7, 11) is 0. The van der Waals surface area contributed by atoms with Gasteiger partial charge in [-0.3, -0.25) is 4.79 Å². The van der Waals surface area contributed by atoms with Crippen molar-refractivity contribution in [1.82, 2.24) is 15.0 Å². The minimum atomic E-state index is -0.189. The molecular formula is C14H13Cl2N3O2. The van der Waals surface area contributed by atoms with Gasteiger partial charge in [0.05, 0.1) is 10.6 Å². The van der Waals surface area contributed by atoms with E-state index in [4.69, 9.17) is 27.7 Å². The van der Waals surface area contributed by atoms with E-state index in [0.29, 0.717) is 33.9 Å². The van der Waals surface area contributed by atoms with Crippen molar-refractivity contribution in [3.8, 4) is 0 Å². The van der Waals surface area contributed by atoms with Crippen LogP contribution in [0.3, 0.4) is 0 Å². The first-order valence-corrected chi connectivity index (χ1v) is 7.38. The van der Waals surface area contributed by atoms with Gasteiger partial charge >= 0.3 is 0 Å². The summed E-state index contributed by atoms with van der Waals surface area (Å²) in [5.74, 6) is 0.896. The SMILES string of the molecule is Cc1noc(C2CCCN2C(=O)c2ccc(Cl)cc2Cl)n1. The van der Waals surface area contributed by atoms with E-state index in [1.54, 1.807) is 30.0 Å². The third-order valence-corrected chi connectivity index (χ3v) is 4.05. The van der Waals surface area contributed by atoms with Gasteiger partial charge in [-0.2, -0.15) is 4.98 Å². The Morgan fingerprint density at radius 2 is 2.24 bits per heavy atom. The zero-order valence-electron chi connectivity index (χ0n) is 11.3. The lowest BCUT2D eigenvalue weighted by molar-refractivity contribution is 0.0710. The number of nitrogens with zero attached hydrogens (tertiary/aromatic N) is 3. The van der Waals surface area contributed by atoms with Gasteiger partial charge in [-0.15, -0.1) is 0 Å². The Morgan fingerprint density at radius 1 is 1.43 bits per heavy atom. The molecule has 0 N–H and O–H groups in total. The number of hydrogen-bond acceptors (Lipinski definition) is 4. The van der Waals surface area contributed by atoms with Crippen molar-refractivity contribution in [2.45, 2.75) is 25.8 Å². The molecule has 1 aliphatic heterocycles. The second-order valence-corrected chi connectivity index (χ2v) is 5.80. The molecule has 0 radical (unpaired) electrons. The summed E-state index contributed by atoms with van der Waals surface area (Å²) in [6.45, 7) is 2.40. The van der Waals surface area contributed by atoms with Crippen molar-refractivity contribution in [1.29, 1.82) is 0 Å². The van der Waals surface area contributed by atoms with E-state index in [2.05, 4.69) is 10.1 Å². The highest BCUT2D eigenvalue weighted by Gasteiger charge is 2.34. The zero-order valence-corrected chi connectivity index (χ0v) is 12.9. The Hall–Kier alpha value is -1.59. The number of carbonyl (C=O) groups is 1. The highest BCUT2D eigenvalue weighted by Crippen LogP contribution is 2.33. The maximum Gasteiger partial charge on any atom is 0.256 e. The Balaban J connectivity index is 1.89. The van der Waals surface area contributed by atoms with Gasteiger partial charge in [-0.05, 0) is 38.0 Å². The molecule has 7 heteroatoms. The number of aryl methyl sites for hydroxylation is 1. The summed E-state index contributed by atoms with van der Waals surface area (Å²) in [5, 5.41) is 4.64. The number of rotatable bonds is 2. The second-order valence-electron chi connectivity index (χ2n) is 4.96. The fourth-order valence-corrected chi connectivity index (χ4v) is 3.02. The molecule has 3 rings (SSSR count). The summed E-state index contributed by atoms with van der Waals surface area (Å²) >= 11 is 12.0. The van der Waals surface area contributed by atoms with Crippen molar-refractivity contribution >= 4 is 29.1 Å². The third kappa shape index (κ3) is 2.76. The molecule has 0 aliphatic carbocycles. The molecule has 0 spiro atoms. The monoisotopic (exact) mass is 325 g/mol. The van der Waals surface area contributed by atoms with Crippen molar-refractivity contribution in [3.63, 3.8) is 0 Å². The van der Waals surface area contributed by atoms with Crippen LogP contribution >= 0.6 is 23.2 Å². The van der Waals surface area contributed by atoms with Gasteiger partial charge in [0.1, 0.15) is 6.04 Å². The Morgan fingerprint density at radius 3 is 2.90 bits per heavy atom. The van der Waals surface area contributed by atoms with Crippen LogP contribution in [-0.4, -0.2) is 27.5 Å². The van der Waals surface area contributed by atoms with Crippen LogP contribution in [0.15, 0.2) is 22.7 Å². The van der Waals surface area contributed by atoms with Gasteiger partial charge < -0.3 is 9.42 Å². The minimum Gasteiger partial charge on any atom is -0.337 e. The molecule has 1 aromatic heterocycles. The Labute approximate surface area is 131 Å². The van der Waals surface area contributed by atoms with Gasteiger partial charge in [0.25, 0.3) is 5.91 Å². The lowest BCUT2D eigenvalue weighted by Gasteiger charge is -2.22. The average molecular weight is 326 g/mol. The second kappa shape index (κ2) is 5.66. The van der Waals surface area contributed by atoms with Crippen LogP contribution in [0.4, 0.5) is 0 Å². The number of aromatic nitrogens is 2. The quantitative estimate of drug-likeness (QED) is 0.845. The van der Waals surface area contributed by atoms with Gasteiger partial charge in [-0.1, -0.05) is 28.4 Å². The molecule has 1 fully saturated rings. The number of carbonyl (C=O) groups excluding carboxylic acids is 1. The predicted octanol–water partition coefficient (Wildman–Crippen LogP) is 3.66. The van der Waals surface area contributed by atoms with Gasteiger partial charge in [0.15, 0.2) is 5.82 Å². The van der Waals surface area contributed by atoms with Gasteiger partial charge in [0.2, 0.25) is 5.89 Å². The van der Waals surface area contributed by atoms with Crippen LogP contribution in [0.25, 0.3) is 0 Å². The molecule has 0 saturated carbocycles. The molecule has 1 atom stereocenters. The molecule has 1 amide bonds. The molecule has 2 aromatic rings. The first kappa shape index (κ1) is 14.4. The zero-order chi connectivity index (χ0) is 15.0. The van der Waals surface area contributed by atoms with E-state index in [1.807, 2.05) is 0 Å². The molecule has 0 bridgehead atoms. The van der Waals surface area contributed by atoms with Crippen molar-refractivity contribution < 1.29 is 9.32 Å². The summed E-state index contributed by atoms with van der Waals surface area (Å²) in [6.07, 6.45) is 1.70. The highest BCUT2D eigenvalue weighted by molar-refractivity contribution is 6.36. The van der Waals surface area contributed by atoms with E-state index in [1.165, 1.54) is 0 Å². The number of amides is 1. The van der Waals surface area contributed by atoms with Crippen molar-refractivity contribution in [3.05, 3.63) is 45.5 Å². The largest absolute Gasteiger partial charge is 0.337 e. The van der Waals surface area contributed by atoms with Crippen LogP contribution in [0.5, 0.6) is 0 Å². The summed E-state index contributed by atoms with van der Waals surface area (Å²) in [5.41, 5.74) is 0.434. The maximum atomic E-state index is 12.7.